The second-order valence-corrected chi connectivity index (χ2v) is 8.11. The highest BCUT2D eigenvalue weighted by Gasteiger charge is 2.11. The summed E-state index contributed by atoms with van der Waals surface area (Å²) in [5.41, 5.74) is 1.44. The fourth-order valence-corrected chi connectivity index (χ4v) is 4.13. The molecule has 0 aliphatic rings. The van der Waals surface area contributed by atoms with E-state index in [9.17, 15) is 9.59 Å². The first kappa shape index (κ1) is 21.1. The van der Waals surface area contributed by atoms with Crippen molar-refractivity contribution in [3.05, 3.63) is 56.7 Å². The maximum atomic E-state index is 12.1. The summed E-state index contributed by atoms with van der Waals surface area (Å²) in [5.74, 6) is 0.509. The summed E-state index contributed by atoms with van der Waals surface area (Å²) in [6, 6.07) is 1.77. The minimum atomic E-state index is -0.134. The van der Waals surface area contributed by atoms with Gasteiger partial charge in [0.25, 0.3) is 5.91 Å². The molecular weight excluding hydrogens is 428 g/mol. The predicted molar refractivity (Wildman–Crippen MR) is 117 cm³/mol. The van der Waals surface area contributed by atoms with E-state index in [0.717, 1.165) is 11.5 Å². The summed E-state index contributed by atoms with van der Waals surface area (Å²) in [6.45, 7) is 4.73. The summed E-state index contributed by atoms with van der Waals surface area (Å²) in [7, 11) is 0. The molecule has 3 rings (SSSR count). The molecule has 0 atom stereocenters. The number of allylic oxidation sites excluding steroid dienone is 1. The molecule has 3 aromatic rings. The van der Waals surface area contributed by atoms with Crippen LogP contribution >= 0.6 is 34.9 Å². The molecule has 0 aromatic carbocycles. The minimum absolute atomic E-state index is 0.120. The normalized spacial score (nSPS) is 10.6. The van der Waals surface area contributed by atoms with Crippen molar-refractivity contribution in [3.8, 4) is 0 Å². The Morgan fingerprint density at radius 3 is 3.00 bits per heavy atom. The van der Waals surface area contributed by atoms with Crippen LogP contribution in [0, 0.1) is 4.77 Å². The molecule has 2 amide bonds. The highest BCUT2D eigenvalue weighted by Crippen LogP contribution is 2.18. The van der Waals surface area contributed by atoms with Crippen molar-refractivity contribution in [2.24, 2.45) is 0 Å². The predicted octanol–water partition coefficient (Wildman–Crippen LogP) is 3.38. The number of hydrogen-bond donors (Lipinski definition) is 3. The second-order valence-electron chi connectivity index (χ2n) is 6.08. The number of carbonyl (C=O) groups excluding carboxylic acids is 2. The average Bonchev–Trinajstić information content (AvgIpc) is 3.44. The topological polar surface area (TPSA) is 105 Å². The number of anilines is 1. The maximum absolute atomic E-state index is 12.1. The van der Waals surface area contributed by atoms with Gasteiger partial charge >= 0.3 is 0 Å². The zero-order valence-electron chi connectivity index (χ0n) is 15.5. The molecule has 152 valence electrons. The Hall–Kier alpha value is -2.63. The van der Waals surface area contributed by atoms with Gasteiger partial charge in [-0.25, -0.2) is 4.98 Å². The van der Waals surface area contributed by atoms with Crippen LogP contribution in [0.4, 0.5) is 5.13 Å². The number of rotatable bonds is 10. The lowest BCUT2D eigenvalue weighted by Crippen LogP contribution is -2.25. The number of aromatic nitrogens is 4. The first-order chi connectivity index (χ1) is 14.1. The molecule has 3 N–H and O–H groups in total. The first-order valence-corrected chi connectivity index (χ1v) is 11.1. The molecule has 0 bridgehead atoms. The second kappa shape index (κ2) is 10.2. The van der Waals surface area contributed by atoms with Crippen molar-refractivity contribution in [1.82, 2.24) is 25.1 Å². The number of nitrogens with zero attached hydrogens (tertiary/aromatic N) is 3. The lowest BCUT2D eigenvalue weighted by Gasteiger charge is -2.04. The lowest BCUT2D eigenvalue weighted by atomic mass is 10.2. The Labute approximate surface area is 180 Å². The van der Waals surface area contributed by atoms with Gasteiger partial charge in [-0.15, -0.1) is 17.9 Å². The Morgan fingerprint density at radius 2 is 2.24 bits per heavy atom. The molecule has 3 aromatic heterocycles. The fourth-order valence-electron chi connectivity index (χ4n) is 2.54. The van der Waals surface area contributed by atoms with Crippen molar-refractivity contribution < 1.29 is 9.59 Å². The van der Waals surface area contributed by atoms with Crippen LogP contribution in [0.5, 0.6) is 0 Å². The van der Waals surface area contributed by atoms with Gasteiger partial charge in [0.1, 0.15) is 5.82 Å². The van der Waals surface area contributed by atoms with E-state index in [0.29, 0.717) is 47.8 Å². The summed E-state index contributed by atoms with van der Waals surface area (Å²) in [6.07, 6.45) is 3.11. The van der Waals surface area contributed by atoms with E-state index in [2.05, 4.69) is 32.4 Å². The number of amides is 2. The van der Waals surface area contributed by atoms with Gasteiger partial charge in [-0.2, -0.15) is 16.4 Å². The van der Waals surface area contributed by atoms with Crippen molar-refractivity contribution in [2.75, 3.05) is 11.9 Å². The van der Waals surface area contributed by atoms with Gasteiger partial charge in [0.15, 0.2) is 9.90 Å². The van der Waals surface area contributed by atoms with E-state index in [1.54, 1.807) is 17.5 Å². The monoisotopic (exact) mass is 448 g/mol. The lowest BCUT2D eigenvalue weighted by molar-refractivity contribution is -0.116. The Morgan fingerprint density at radius 1 is 1.38 bits per heavy atom. The van der Waals surface area contributed by atoms with Crippen LogP contribution in [0.1, 0.15) is 34.7 Å². The van der Waals surface area contributed by atoms with Gasteiger partial charge in [-0.3, -0.25) is 19.3 Å². The van der Waals surface area contributed by atoms with Crippen LogP contribution < -0.4 is 10.6 Å². The third kappa shape index (κ3) is 5.92. The fraction of sp³-hybridized carbons (Fsp3) is 0.278. The standard InChI is InChI=1S/C18H20N6O2S3/c1-2-7-24-14(22-23-18(24)27)9-13-11-29-17(20-13)21-15(25)4-3-6-19-16(26)12-5-8-28-10-12/h2,5,8,10-11H,1,3-4,6-7,9H2,(H,19,26)(H,23,27)(H,20,21,25). The van der Waals surface area contributed by atoms with Crippen LogP contribution in [0.2, 0.25) is 0 Å². The molecule has 0 fully saturated rings. The number of H-pyrrole nitrogens is 1. The summed E-state index contributed by atoms with van der Waals surface area (Å²) in [4.78, 5) is 28.4. The smallest absolute Gasteiger partial charge is 0.252 e. The van der Waals surface area contributed by atoms with E-state index in [1.165, 1.54) is 22.7 Å². The number of hydrogen-bond acceptors (Lipinski definition) is 7. The maximum Gasteiger partial charge on any atom is 0.252 e. The molecule has 0 aliphatic carbocycles. The third-order valence-electron chi connectivity index (χ3n) is 3.94. The quantitative estimate of drug-likeness (QED) is 0.251. The van der Waals surface area contributed by atoms with Gasteiger partial charge in [0.2, 0.25) is 5.91 Å². The Kier molecular flexibility index (Phi) is 7.44. The molecule has 0 unspecified atom stereocenters. The van der Waals surface area contributed by atoms with Crippen LogP contribution in [0.3, 0.4) is 0 Å². The first-order valence-electron chi connectivity index (χ1n) is 8.86. The molecule has 29 heavy (non-hydrogen) atoms. The van der Waals surface area contributed by atoms with E-state index in [4.69, 9.17) is 12.2 Å². The highest BCUT2D eigenvalue weighted by molar-refractivity contribution is 7.71. The number of thiazole rings is 1. The average molecular weight is 449 g/mol. The molecule has 0 saturated heterocycles. The molecule has 0 aliphatic heterocycles. The number of nitrogens with one attached hydrogen (secondary N) is 3. The van der Waals surface area contributed by atoms with Gasteiger partial charge < -0.3 is 10.6 Å². The van der Waals surface area contributed by atoms with Crippen molar-refractivity contribution in [2.45, 2.75) is 25.8 Å². The summed E-state index contributed by atoms with van der Waals surface area (Å²) in [5, 5.41) is 18.7. The van der Waals surface area contributed by atoms with E-state index in [1.807, 2.05) is 15.3 Å². The largest absolute Gasteiger partial charge is 0.352 e. The Balaban J connectivity index is 1.43. The third-order valence-corrected chi connectivity index (χ3v) is 5.74. The van der Waals surface area contributed by atoms with Crippen molar-refractivity contribution in [1.29, 1.82) is 0 Å². The van der Waals surface area contributed by atoms with Gasteiger partial charge in [0, 0.05) is 35.8 Å². The minimum Gasteiger partial charge on any atom is -0.352 e. The van der Waals surface area contributed by atoms with E-state index < -0.39 is 0 Å². The molecule has 0 spiro atoms. The molecule has 8 nitrogen and oxygen atoms in total. The van der Waals surface area contributed by atoms with Gasteiger partial charge in [-0.1, -0.05) is 6.08 Å². The van der Waals surface area contributed by atoms with Crippen molar-refractivity contribution in [3.63, 3.8) is 0 Å². The summed E-state index contributed by atoms with van der Waals surface area (Å²) < 4.78 is 2.39. The number of carbonyl (C=O) groups is 2. The molecular formula is C18H20N6O2S3. The Bertz CT molecular complexity index is 1030. The highest BCUT2D eigenvalue weighted by atomic mass is 32.1. The zero-order valence-corrected chi connectivity index (χ0v) is 18.0. The molecule has 3 heterocycles. The molecule has 11 heteroatoms. The zero-order chi connectivity index (χ0) is 20.6. The van der Waals surface area contributed by atoms with Crippen molar-refractivity contribution >= 4 is 51.8 Å². The van der Waals surface area contributed by atoms with Crippen LogP contribution in [0.15, 0.2) is 34.9 Å². The molecule has 0 saturated carbocycles. The van der Waals surface area contributed by atoms with Crippen LogP contribution in [-0.2, 0) is 17.8 Å². The van der Waals surface area contributed by atoms with E-state index in [-0.39, 0.29) is 11.8 Å². The van der Waals surface area contributed by atoms with Crippen LogP contribution in [-0.4, -0.2) is 38.1 Å². The van der Waals surface area contributed by atoms with Gasteiger partial charge in [0.05, 0.1) is 12.1 Å². The molecule has 0 radical (unpaired) electrons. The summed E-state index contributed by atoms with van der Waals surface area (Å²) >= 11 is 8.04. The van der Waals surface area contributed by atoms with Gasteiger partial charge in [-0.05, 0) is 30.1 Å². The number of aromatic amines is 1. The number of thiophene rings is 1. The van der Waals surface area contributed by atoms with E-state index >= 15 is 0 Å². The SMILES string of the molecule is C=CCn1c(Cc2csc(NC(=O)CCCNC(=O)c3ccsc3)n2)n[nH]c1=S. The van der Waals surface area contributed by atoms with Crippen LogP contribution in [0.25, 0.3) is 0 Å².